The molecule has 2 aromatic rings. The van der Waals surface area contributed by atoms with Gasteiger partial charge in [0.15, 0.2) is 0 Å². The van der Waals surface area contributed by atoms with Gasteiger partial charge in [0, 0.05) is 32.1 Å². The van der Waals surface area contributed by atoms with Crippen LogP contribution in [0.25, 0.3) is 0 Å². The quantitative estimate of drug-likeness (QED) is 0.577. The maximum Gasteiger partial charge on any atom is 0.255 e. The van der Waals surface area contributed by atoms with E-state index in [0.717, 1.165) is 17.2 Å². The van der Waals surface area contributed by atoms with E-state index in [2.05, 4.69) is 15.6 Å². The molecule has 0 aliphatic carbocycles. The summed E-state index contributed by atoms with van der Waals surface area (Å²) in [5, 5.41) is 9.02. The molecule has 0 unspecified atom stereocenters. The SMILES string of the molecule is COCCNCCNC(=O)c1ccccc1OCc1csc(C)n1.Cl.Cl. The zero-order valence-electron chi connectivity index (χ0n) is 14.8. The van der Waals surface area contributed by atoms with Crippen molar-refractivity contribution < 1.29 is 14.3 Å². The Morgan fingerprint density at radius 3 is 2.65 bits per heavy atom. The van der Waals surface area contributed by atoms with Gasteiger partial charge >= 0.3 is 0 Å². The molecule has 0 aliphatic rings. The van der Waals surface area contributed by atoms with Gasteiger partial charge in [0.2, 0.25) is 0 Å². The number of ether oxygens (including phenoxy) is 2. The van der Waals surface area contributed by atoms with Crippen LogP contribution in [0, 0.1) is 6.92 Å². The molecule has 0 atom stereocenters. The number of carbonyl (C=O) groups is 1. The van der Waals surface area contributed by atoms with Crippen LogP contribution < -0.4 is 15.4 Å². The van der Waals surface area contributed by atoms with E-state index in [-0.39, 0.29) is 30.7 Å². The smallest absolute Gasteiger partial charge is 0.255 e. The zero-order chi connectivity index (χ0) is 17.2. The number of aryl methyl sites for hydroxylation is 1. The molecule has 0 saturated carbocycles. The van der Waals surface area contributed by atoms with Gasteiger partial charge in [-0.25, -0.2) is 4.98 Å². The molecule has 2 rings (SSSR count). The van der Waals surface area contributed by atoms with Gasteiger partial charge in [0.1, 0.15) is 12.4 Å². The standard InChI is InChI=1S/C17H23N3O3S.2ClH/c1-13-20-14(12-24-13)11-23-16-6-4-3-5-15(16)17(21)19-8-7-18-9-10-22-2;;/h3-6,12,18H,7-11H2,1-2H3,(H,19,21);2*1H. The molecule has 0 aliphatic heterocycles. The van der Waals surface area contributed by atoms with Crippen LogP contribution in [-0.2, 0) is 11.3 Å². The maximum atomic E-state index is 12.3. The molecule has 0 spiro atoms. The topological polar surface area (TPSA) is 72.5 Å². The van der Waals surface area contributed by atoms with E-state index in [0.29, 0.717) is 37.6 Å². The normalized spacial score (nSPS) is 9.77. The van der Waals surface area contributed by atoms with E-state index in [1.807, 2.05) is 24.4 Å². The predicted molar refractivity (Wildman–Crippen MR) is 109 cm³/mol. The Balaban J connectivity index is 0.00000312. The average Bonchev–Trinajstić information content (AvgIpc) is 3.01. The number of nitrogens with zero attached hydrogens (tertiary/aromatic N) is 1. The summed E-state index contributed by atoms with van der Waals surface area (Å²) in [5.74, 6) is 0.418. The Hall–Kier alpha value is -1.38. The first-order chi connectivity index (χ1) is 11.7. The number of methoxy groups -OCH3 is 1. The first kappa shape index (κ1) is 24.6. The van der Waals surface area contributed by atoms with Gasteiger partial charge < -0.3 is 20.1 Å². The van der Waals surface area contributed by atoms with Crippen LogP contribution in [0.1, 0.15) is 21.1 Å². The van der Waals surface area contributed by atoms with Crippen LogP contribution in [0.3, 0.4) is 0 Å². The average molecular weight is 422 g/mol. The molecular weight excluding hydrogens is 397 g/mol. The molecule has 1 heterocycles. The number of benzene rings is 1. The Labute approximate surface area is 170 Å². The van der Waals surface area contributed by atoms with Crippen molar-refractivity contribution in [2.45, 2.75) is 13.5 Å². The predicted octanol–water partition coefficient (Wildman–Crippen LogP) is 2.84. The number of thiazole rings is 1. The zero-order valence-corrected chi connectivity index (χ0v) is 17.3. The van der Waals surface area contributed by atoms with Crippen molar-refractivity contribution in [1.82, 2.24) is 15.6 Å². The number of hydrogen-bond donors (Lipinski definition) is 2. The fraction of sp³-hybridized carbons (Fsp3) is 0.412. The van der Waals surface area contributed by atoms with Crippen molar-refractivity contribution in [3.63, 3.8) is 0 Å². The number of para-hydroxylation sites is 1. The molecule has 6 nitrogen and oxygen atoms in total. The second kappa shape index (κ2) is 13.8. The summed E-state index contributed by atoms with van der Waals surface area (Å²) < 4.78 is 10.7. The van der Waals surface area contributed by atoms with Gasteiger partial charge in [-0.3, -0.25) is 4.79 Å². The second-order valence-electron chi connectivity index (χ2n) is 5.14. The largest absolute Gasteiger partial charge is 0.486 e. The summed E-state index contributed by atoms with van der Waals surface area (Å²) in [6, 6.07) is 7.23. The lowest BCUT2D eigenvalue weighted by Crippen LogP contribution is -2.33. The lowest BCUT2D eigenvalue weighted by molar-refractivity contribution is 0.0949. The van der Waals surface area contributed by atoms with Gasteiger partial charge in [-0.2, -0.15) is 0 Å². The van der Waals surface area contributed by atoms with E-state index in [1.165, 1.54) is 0 Å². The highest BCUT2D eigenvalue weighted by atomic mass is 35.5. The van der Waals surface area contributed by atoms with E-state index < -0.39 is 0 Å². The highest BCUT2D eigenvalue weighted by molar-refractivity contribution is 7.09. The van der Waals surface area contributed by atoms with Crippen LogP contribution in [0.15, 0.2) is 29.6 Å². The molecule has 0 saturated heterocycles. The van der Waals surface area contributed by atoms with Gasteiger partial charge in [-0.1, -0.05) is 12.1 Å². The molecule has 1 amide bonds. The second-order valence-corrected chi connectivity index (χ2v) is 6.20. The van der Waals surface area contributed by atoms with Crippen LogP contribution in [0.4, 0.5) is 0 Å². The van der Waals surface area contributed by atoms with E-state index >= 15 is 0 Å². The minimum Gasteiger partial charge on any atom is -0.486 e. The first-order valence-corrected chi connectivity index (χ1v) is 8.69. The monoisotopic (exact) mass is 421 g/mol. The summed E-state index contributed by atoms with van der Waals surface area (Å²) >= 11 is 1.58. The van der Waals surface area contributed by atoms with Crippen molar-refractivity contribution in [1.29, 1.82) is 0 Å². The number of carbonyl (C=O) groups excluding carboxylic acids is 1. The summed E-state index contributed by atoms with van der Waals surface area (Å²) in [7, 11) is 1.66. The van der Waals surface area contributed by atoms with Crippen molar-refractivity contribution in [3.8, 4) is 5.75 Å². The summed E-state index contributed by atoms with van der Waals surface area (Å²) in [5.41, 5.74) is 1.40. The molecule has 2 N–H and O–H groups in total. The molecule has 9 heteroatoms. The number of rotatable bonds is 10. The van der Waals surface area contributed by atoms with Crippen molar-refractivity contribution in [3.05, 3.63) is 45.9 Å². The number of amides is 1. The van der Waals surface area contributed by atoms with E-state index in [1.54, 1.807) is 30.6 Å². The molecular formula is C17H25Cl2N3O3S. The molecule has 1 aromatic carbocycles. The first-order valence-electron chi connectivity index (χ1n) is 7.81. The molecule has 146 valence electrons. The number of halogens is 2. The lowest BCUT2D eigenvalue weighted by Gasteiger charge is -2.11. The van der Waals surface area contributed by atoms with Gasteiger partial charge in [0.05, 0.1) is 22.9 Å². The van der Waals surface area contributed by atoms with Crippen LogP contribution in [0.5, 0.6) is 5.75 Å². The fourth-order valence-corrected chi connectivity index (χ4v) is 2.66. The minimum atomic E-state index is -0.145. The van der Waals surface area contributed by atoms with Gasteiger partial charge in [0.25, 0.3) is 5.91 Å². The van der Waals surface area contributed by atoms with E-state index in [4.69, 9.17) is 9.47 Å². The van der Waals surface area contributed by atoms with Crippen LogP contribution in [-0.4, -0.2) is 44.2 Å². The summed E-state index contributed by atoms with van der Waals surface area (Å²) in [4.78, 5) is 16.7. The highest BCUT2D eigenvalue weighted by Gasteiger charge is 2.12. The summed E-state index contributed by atoms with van der Waals surface area (Å²) in [6.07, 6.45) is 0. The molecule has 0 bridgehead atoms. The molecule has 1 aromatic heterocycles. The third kappa shape index (κ3) is 8.33. The molecule has 26 heavy (non-hydrogen) atoms. The minimum absolute atomic E-state index is 0. The summed E-state index contributed by atoms with van der Waals surface area (Å²) in [6.45, 7) is 4.96. The fourth-order valence-electron chi connectivity index (χ4n) is 2.07. The van der Waals surface area contributed by atoms with Crippen molar-refractivity contribution in [2.24, 2.45) is 0 Å². The van der Waals surface area contributed by atoms with Gasteiger partial charge in [-0.05, 0) is 19.1 Å². The third-order valence-corrected chi connectivity index (χ3v) is 4.07. The Morgan fingerprint density at radius 2 is 1.96 bits per heavy atom. The maximum absolute atomic E-state index is 12.3. The lowest BCUT2D eigenvalue weighted by atomic mass is 10.2. The van der Waals surface area contributed by atoms with Crippen molar-refractivity contribution >= 4 is 42.1 Å². The van der Waals surface area contributed by atoms with Gasteiger partial charge in [-0.15, -0.1) is 36.2 Å². The van der Waals surface area contributed by atoms with Crippen LogP contribution in [0.2, 0.25) is 0 Å². The number of hydrogen-bond acceptors (Lipinski definition) is 6. The number of aromatic nitrogens is 1. The van der Waals surface area contributed by atoms with Crippen LogP contribution >= 0.6 is 36.2 Å². The Morgan fingerprint density at radius 1 is 1.19 bits per heavy atom. The third-order valence-electron chi connectivity index (χ3n) is 3.24. The highest BCUT2D eigenvalue weighted by Crippen LogP contribution is 2.19. The molecule has 0 radical (unpaired) electrons. The van der Waals surface area contributed by atoms with Crippen molar-refractivity contribution in [2.75, 3.05) is 33.4 Å². The molecule has 0 fully saturated rings. The Kier molecular flexibility index (Phi) is 13.0. The van der Waals surface area contributed by atoms with E-state index in [9.17, 15) is 4.79 Å². The Bertz CT molecular complexity index is 656. The number of nitrogens with one attached hydrogen (secondary N) is 2.